The molecule has 4 heteroatoms. The summed E-state index contributed by atoms with van der Waals surface area (Å²) in [5, 5.41) is 7.70. The van der Waals surface area contributed by atoms with Crippen LogP contribution in [0.3, 0.4) is 0 Å². The molecule has 0 spiro atoms. The van der Waals surface area contributed by atoms with Gasteiger partial charge in [-0.05, 0) is 33.7 Å². The smallest absolute Gasteiger partial charge is 0.241 e. The third-order valence-electron chi connectivity index (χ3n) is 3.37. The SMILES string of the molecule is CC(C)C1NC(c2ccsc2)N(CC(C)(C)C)C1=O. The Labute approximate surface area is 120 Å². The zero-order valence-corrected chi connectivity index (χ0v) is 13.3. The molecule has 106 valence electrons. The molecule has 0 radical (unpaired) electrons. The van der Waals surface area contributed by atoms with Crippen LogP contribution in [0.15, 0.2) is 16.8 Å². The molecule has 0 aromatic carbocycles. The first kappa shape index (κ1) is 14.5. The van der Waals surface area contributed by atoms with Crippen LogP contribution in [0.4, 0.5) is 0 Å². The van der Waals surface area contributed by atoms with Gasteiger partial charge in [-0.2, -0.15) is 11.3 Å². The van der Waals surface area contributed by atoms with Gasteiger partial charge in [0.1, 0.15) is 6.17 Å². The molecule has 2 heterocycles. The lowest BCUT2D eigenvalue weighted by Crippen LogP contribution is -2.38. The number of nitrogens with zero attached hydrogens (tertiary/aromatic N) is 1. The lowest BCUT2D eigenvalue weighted by molar-refractivity contribution is -0.132. The fraction of sp³-hybridized carbons (Fsp3) is 0.667. The standard InChI is InChI=1S/C15H24N2OS/c1-10(2)12-14(18)17(9-15(3,4)5)13(16-12)11-6-7-19-8-11/h6-8,10,12-13,16H,9H2,1-5H3. The molecule has 1 fully saturated rings. The third kappa shape index (κ3) is 3.18. The molecular formula is C15H24N2OS. The summed E-state index contributed by atoms with van der Waals surface area (Å²) in [7, 11) is 0. The van der Waals surface area contributed by atoms with E-state index in [0.717, 1.165) is 6.54 Å². The second kappa shape index (κ2) is 5.25. The van der Waals surface area contributed by atoms with Crippen molar-refractivity contribution in [2.24, 2.45) is 11.3 Å². The monoisotopic (exact) mass is 280 g/mol. The average molecular weight is 280 g/mol. The molecule has 0 bridgehead atoms. The van der Waals surface area contributed by atoms with Crippen LogP contribution in [0.5, 0.6) is 0 Å². The van der Waals surface area contributed by atoms with E-state index in [1.165, 1.54) is 5.56 Å². The maximum atomic E-state index is 12.6. The summed E-state index contributed by atoms with van der Waals surface area (Å²) in [6.45, 7) is 11.5. The van der Waals surface area contributed by atoms with Gasteiger partial charge in [0.05, 0.1) is 6.04 Å². The number of thiophene rings is 1. The number of nitrogens with one attached hydrogen (secondary N) is 1. The van der Waals surface area contributed by atoms with Crippen LogP contribution < -0.4 is 5.32 Å². The number of carbonyl (C=O) groups is 1. The molecule has 3 nitrogen and oxygen atoms in total. The Morgan fingerprint density at radius 3 is 2.58 bits per heavy atom. The summed E-state index contributed by atoms with van der Waals surface area (Å²) in [6.07, 6.45) is 0.0328. The van der Waals surface area contributed by atoms with Crippen LogP contribution in [-0.4, -0.2) is 23.4 Å². The van der Waals surface area contributed by atoms with E-state index in [0.29, 0.717) is 5.92 Å². The van der Waals surface area contributed by atoms with Crippen LogP contribution in [0.25, 0.3) is 0 Å². The summed E-state index contributed by atoms with van der Waals surface area (Å²) >= 11 is 1.68. The normalized spacial score (nSPS) is 24.5. The fourth-order valence-corrected chi connectivity index (χ4v) is 3.18. The second-order valence-electron chi connectivity index (χ2n) is 6.87. The maximum Gasteiger partial charge on any atom is 0.241 e. The van der Waals surface area contributed by atoms with Gasteiger partial charge in [-0.15, -0.1) is 0 Å². The highest BCUT2D eigenvalue weighted by molar-refractivity contribution is 7.07. The van der Waals surface area contributed by atoms with Crippen molar-refractivity contribution >= 4 is 17.2 Å². The highest BCUT2D eigenvalue weighted by Gasteiger charge is 2.42. The summed E-state index contributed by atoms with van der Waals surface area (Å²) in [4.78, 5) is 14.6. The summed E-state index contributed by atoms with van der Waals surface area (Å²) < 4.78 is 0. The number of rotatable bonds is 3. The Bertz CT molecular complexity index is 433. The van der Waals surface area contributed by atoms with E-state index in [-0.39, 0.29) is 23.5 Å². The van der Waals surface area contributed by atoms with E-state index in [9.17, 15) is 4.79 Å². The van der Waals surface area contributed by atoms with Crippen molar-refractivity contribution in [1.82, 2.24) is 10.2 Å². The van der Waals surface area contributed by atoms with Crippen molar-refractivity contribution in [2.45, 2.75) is 46.8 Å². The van der Waals surface area contributed by atoms with Gasteiger partial charge in [-0.1, -0.05) is 34.6 Å². The fourth-order valence-electron chi connectivity index (χ4n) is 2.50. The van der Waals surface area contributed by atoms with Gasteiger partial charge in [0.2, 0.25) is 5.91 Å². The highest BCUT2D eigenvalue weighted by Crippen LogP contribution is 2.32. The van der Waals surface area contributed by atoms with Crippen molar-refractivity contribution in [3.8, 4) is 0 Å². The Kier molecular flexibility index (Phi) is 4.02. The molecule has 2 rings (SSSR count). The number of carbonyl (C=O) groups excluding carboxylic acids is 1. The quantitative estimate of drug-likeness (QED) is 0.922. The van der Waals surface area contributed by atoms with Crippen molar-refractivity contribution in [3.63, 3.8) is 0 Å². The maximum absolute atomic E-state index is 12.6. The molecule has 1 saturated heterocycles. The number of hydrogen-bond acceptors (Lipinski definition) is 3. The van der Waals surface area contributed by atoms with Crippen LogP contribution in [-0.2, 0) is 4.79 Å². The van der Waals surface area contributed by atoms with E-state index in [2.05, 4.69) is 56.8 Å². The molecule has 1 N–H and O–H groups in total. The number of hydrogen-bond donors (Lipinski definition) is 1. The van der Waals surface area contributed by atoms with Gasteiger partial charge in [-0.25, -0.2) is 0 Å². The zero-order chi connectivity index (χ0) is 14.2. The first-order valence-electron chi connectivity index (χ1n) is 6.88. The van der Waals surface area contributed by atoms with Gasteiger partial charge in [0.15, 0.2) is 0 Å². The summed E-state index contributed by atoms with van der Waals surface area (Å²) in [5.41, 5.74) is 1.31. The van der Waals surface area contributed by atoms with E-state index in [1.54, 1.807) is 11.3 Å². The van der Waals surface area contributed by atoms with Gasteiger partial charge in [0, 0.05) is 6.54 Å². The Balaban J connectivity index is 2.26. The predicted molar refractivity (Wildman–Crippen MR) is 80.0 cm³/mol. The zero-order valence-electron chi connectivity index (χ0n) is 12.4. The molecular weight excluding hydrogens is 256 g/mol. The van der Waals surface area contributed by atoms with E-state index in [4.69, 9.17) is 0 Å². The molecule has 2 atom stereocenters. The average Bonchev–Trinajstić information content (AvgIpc) is 2.86. The first-order valence-corrected chi connectivity index (χ1v) is 7.82. The van der Waals surface area contributed by atoms with Crippen molar-refractivity contribution in [2.75, 3.05) is 6.54 Å². The van der Waals surface area contributed by atoms with Gasteiger partial charge < -0.3 is 4.90 Å². The molecule has 1 aliphatic heterocycles. The largest absolute Gasteiger partial charge is 0.321 e. The Hall–Kier alpha value is -0.870. The molecule has 1 aromatic heterocycles. The molecule has 1 aromatic rings. The summed E-state index contributed by atoms with van der Waals surface area (Å²) in [6, 6.07) is 2.04. The molecule has 1 amide bonds. The van der Waals surface area contributed by atoms with E-state index >= 15 is 0 Å². The topological polar surface area (TPSA) is 32.3 Å². The minimum Gasteiger partial charge on any atom is -0.321 e. The second-order valence-corrected chi connectivity index (χ2v) is 7.65. The van der Waals surface area contributed by atoms with Gasteiger partial charge >= 0.3 is 0 Å². The molecule has 19 heavy (non-hydrogen) atoms. The van der Waals surface area contributed by atoms with Crippen molar-refractivity contribution in [3.05, 3.63) is 22.4 Å². The van der Waals surface area contributed by atoms with Crippen LogP contribution >= 0.6 is 11.3 Å². The van der Waals surface area contributed by atoms with E-state index < -0.39 is 0 Å². The minimum absolute atomic E-state index is 0.0328. The molecule has 0 aliphatic carbocycles. The molecule has 2 unspecified atom stereocenters. The van der Waals surface area contributed by atoms with Crippen LogP contribution in [0.1, 0.15) is 46.3 Å². The predicted octanol–water partition coefficient (Wildman–Crippen LogP) is 3.25. The minimum atomic E-state index is -0.0627. The first-order chi connectivity index (χ1) is 8.79. The molecule has 1 aliphatic rings. The lowest BCUT2D eigenvalue weighted by Gasteiger charge is -2.30. The lowest BCUT2D eigenvalue weighted by atomic mass is 9.95. The Morgan fingerprint density at radius 2 is 2.11 bits per heavy atom. The van der Waals surface area contributed by atoms with Gasteiger partial charge in [0.25, 0.3) is 0 Å². The Morgan fingerprint density at radius 1 is 1.42 bits per heavy atom. The summed E-state index contributed by atoms with van der Waals surface area (Å²) in [5.74, 6) is 0.555. The van der Waals surface area contributed by atoms with Crippen molar-refractivity contribution < 1.29 is 4.79 Å². The van der Waals surface area contributed by atoms with Crippen LogP contribution in [0.2, 0.25) is 0 Å². The van der Waals surface area contributed by atoms with Gasteiger partial charge in [-0.3, -0.25) is 10.1 Å². The van der Waals surface area contributed by atoms with E-state index in [1.807, 2.05) is 4.90 Å². The molecule has 0 saturated carbocycles. The van der Waals surface area contributed by atoms with Crippen LogP contribution in [0, 0.1) is 11.3 Å². The highest BCUT2D eigenvalue weighted by atomic mass is 32.1. The third-order valence-corrected chi connectivity index (χ3v) is 4.07. The van der Waals surface area contributed by atoms with Crippen molar-refractivity contribution in [1.29, 1.82) is 0 Å². The number of amides is 1.